The highest BCUT2D eigenvalue weighted by atomic mass is 19.1. The van der Waals surface area contributed by atoms with E-state index in [9.17, 15) is 18.8 Å². The van der Waals surface area contributed by atoms with E-state index in [1.54, 1.807) is 42.5 Å². The summed E-state index contributed by atoms with van der Waals surface area (Å²) in [6.07, 6.45) is 3.01. The zero-order valence-electron chi connectivity index (χ0n) is 19.0. The van der Waals surface area contributed by atoms with Gasteiger partial charge in [0.25, 0.3) is 5.91 Å². The summed E-state index contributed by atoms with van der Waals surface area (Å²) in [5, 5.41) is 5.38. The molecule has 3 amide bonds. The number of carbonyl (C=O) groups excluding carboxylic acids is 3. The summed E-state index contributed by atoms with van der Waals surface area (Å²) in [5.41, 5.74) is 0.718. The van der Waals surface area contributed by atoms with E-state index in [0.29, 0.717) is 18.7 Å². The normalized spacial score (nSPS) is 15.9. The van der Waals surface area contributed by atoms with Gasteiger partial charge in [-0.1, -0.05) is 36.4 Å². The first kappa shape index (κ1) is 24.2. The van der Waals surface area contributed by atoms with Crippen molar-refractivity contribution >= 4 is 23.4 Å². The van der Waals surface area contributed by atoms with E-state index >= 15 is 0 Å². The van der Waals surface area contributed by atoms with E-state index < -0.39 is 36.1 Å². The molecule has 0 radical (unpaired) electrons. The summed E-state index contributed by atoms with van der Waals surface area (Å²) in [4.78, 5) is 40.5. The first-order valence-corrected chi connectivity index (χ1v) is 11.4. The minimum atomic E-state index is -1.10. The Morgan fingerprint density at radius 1 is 1.03 bits per heavy atom. The second-order valence-electron chi connectivity index (χ2n) is 8.10. The van der Waals surface area contributed by atoms with Crippen LogP contribution in [0.2, 0.25) is 0 Å². The fraction of sp³-hybridized carbons (Fsp3) is 0.269. The number of furan rings is 1. The molecule has 9 heteroatoms. The number of halogens is 1. The molecule has 0 spiro atoms. The van der Waals surface area contributed by atoms with Gasteiger partial charge in [-0.05, 0) is 48.7 Å². The maximum atomic E-state index is 14.2. The molecule has 0 saturated carbocycles. The number of hydrogen-bond donors (Lipinski definition) is 2. The van der Waals surface area contributed by atoms with Crippen molar-refractivity contribution in [2.45, 2.75) is 25.0 Å². The number of nitrogens with one attached hydrogen (secondary N) is 2. The summed E-state index contributed by atoms with van der Waals surface area (Å²) in [5.74, 6) is -2.14. The van der Waals surface area contributed by atoms with Gasteiger partial charge in [0.05, 0.1) is 18.9 Å². The van der Waals surface area contributed by atoms with E-state index in [4.69, 9.17) is 9.15 Å². The van der Waals surface area contributed by atoms with Crippen LogP contribution in [0.4, 0.5) is 10.1 Å². The largest absolute Gasteiger partial charge is 0.459 e. The van der Waals surface area contributed by atoms with Gasteiger partial charge >= 0.3 is 0 Å². The third-order valence-electron chi connectivity index (χ3n) is 5.65. The van der Waals surface area contributed by atoms with Gasteiger partial charge in [0.15, 0.2) is 5.76 Å². The second kappa shape index (κ2) is 11.4. The first-order valence-electron chi connectivity index (χ1n) is 11.4. The first-order chi connectivity index (χ1) is 17.0. The van der Waals surface area contributed by atoms with Gasteiger partial charge in [0.1, 0.15) is 11.9 Å². The molecule has 0 bridgehead atoms. The fourth-order valence-electron chi connectivity index (χ4n) is 3.97. The summed E-state index contributed by atoms with van der Waals surface area (Å²) in [7, 11) is 0. The van der Waals surface area contributed by atoms with Crippen molar-refractivity contribution in [3.8, 4) is 0 Å². The Labute approximate surface area is 202 Å². The molecule has 3 aromatic rings. The molecular formula is C26H26FN3O5. The molecular weight excluding hydrogens is 453 g/mol. The van der Waals surface area contributed by atoms with Crippen molar-refractivity contribution in [1.29, 1.82) is 0 Å². The molecule has 1 saturated heterocycles. The van der Waals surface area contributed by atoms with E-state index in [0.717, 1.165) is 12.8 Å². The van der Waals surface area contributed by atoms with E-state index in [1.807, 2.05) is 0 Å². The third kappa shape index (κ3) is 6.13. The van der Waals surface area contributed by atoms with Crippen molar-refractivity contribution in [3.63, 3.8) is 0 Å². The van der Waals surface area contributed by atoms with Gasteiger partial charge in [0.2, 0.25) is 11.8 Å². The number of amides is 3. The van der Waals surface area contributed by atoms with Crippen molar-refractivity contribution in [3.05, 3.63) is 90.1 Å². The zero-order chi connectivity index (χ0) is 24.6. The van der Waals surface area contributed by atoms with Crippen LogP contribution >= 0.6 is 0 Å². The van der Waals surface area contributed by atoms with Gasteiger partial charge < -0.3 is 19.8 Å². The van der Waals surface area contributed by atoms with E-state index in [1.165, 1.54) is 35.4 Å². The predicted octanol–water partition coefficient (Wildman–Crippen LogP) is 3.22. The molecule has 1 aliphatic heterocycles. The van der Waals surface area contributed by atoms with Crippen LogP contribution in [-0.2, 0) is 14.3 Å². The van der Waals surface area contributed by atoms with Gasteiger partial charge in [-0.25, -0.2) is 4.39 Å². The summed E-state index contributed by atoms with van der Waals surface area (Å²) in [6, 6.07) is 16.1. The molecule has 2 N–H and O–H groups in total. The predicted molar refractivity (Wildman–Crippen MR) is 126 cm³/mol. The number of carbonyl (C=O) groups is 3. The molecule has 2 atom stereocenters. The summed E-state index contributed by atoms with van der Waals surface area (Å²) < 4.78 is 24.8. The molecule has 1 fully saturated rings. The Kier molecular flexibility index (Phi) is 7.89. The average Bonchev–Trinajstić information content (AvgIpc) is 3.59. The lowest BCUT2D eigenvalue weighted by molar-refractivity contribution is -0.126. The second-order valence-corrected chi connectivity index (χ2v) is 8.10. The molecule has 182 valence electrons. The van der Waals surface area contributed by atoms with Crippen molar-refractivity contribution in [2.24, 2.45) is 0 Å². The van der Waals surface area contributed by atoms with Crippen molar-refractivity contribution in [2.75, 3.05) is 24.6 Å². The minimum absolute atomic E-state index is 0.0454. The number of rotatable bonds is 9. The van der Waals surface area contributed by atoms with Gasteiger partial charge in [-0.15, -0.1) is 0 Å². The van der Waals surface area contributed by atoms with Gasteiger partial charge in [0, 0.05) is 18.8 Å². The molecule has 35 heavy (non-hydrogen) atoms. The molecule has 1 aliphatic rings. The number of anilines is 1. The highest BCUT2D eigenvalue weighted by Gasteiger charge is 2.33. The summed E-state index contributed by atoms with van der Waals surface area (Å²) in [6.45, 7) is 0.507. The van der Waals surface area contributed by atoms with Crippen LogP contribution in [0, 0.1) is 5.82 Å². The van der Waals surface area contributed by atoms with Gasteiger partial charge in [-0.3, -0.25) is 19.3 Å². The maximum absolute atomic E-state index is 14.2. The topological polar surface area (TPSA) is 101 Å². The number of benzene rings is 2. The zero-order valence-corrected chi connectivity index (χ0v) is 19.0. The number of ether oxygens (including phenoxy) is 1. The Morgan fingerprint density at radius 2 is 1.86 bits per heavy atom. The van der Waals surface area contributed by atoms with Crippen LogP contribution in [0.15, 0.2) is 77.4 Å². The molecule has 0 unspecified atom stereocenters. The maximum Gasteiger partial charge on any atom is 0.287 e. The Morgan fingerprint density at radius 3 is 2.54 bits per heavy atom. The Hall–Kier alpha value is -3.98. The average molecular weight is 480 g/mol. The number of hydrogen-bond acceptors (Lipinski definition) is 5. The van der Waals surface area contributed by atoms with Gasteiger partial charge in [-0.2, -0.15) is 0 Å². The molecule has 4 rings (SSSR count). The molecule has 1 aromatic heterocycles. The third-order valence-corrected chi connectivity index (χ3v) is 5.65. The molecule has 8 nitrogen and oxygen atoms in total. The minimum Gasteiger partial charge on any atom is -0.459 e. The quantitative estimate of drug-likeness (QED) is 0.491. The van der Waals surface area contributed by atoms with Crippen molar-refractivity contribution in [1.82, 2.24) is 10.6 Å². The Bertz CT molecular complexity index is 1150. The van der Waals surface area contributed by atoms with E-state index in [-0.39, 0.29) is 17.6 Å². The van der Waals surface area contributed by atoms with Crippen LogP contribution < -0.4 is 15.5 Å². The highest BCUT2D eigenvalue weighted by molar-refractivity contribution is 6.04. The van der Waals surface area contributed by atoms with Crippen LogP contribution in [0.5, 0.6) is 0 Å². The fourth-order valence-corrected chi connectivity index (χ4v) is 3.97. The monoisotopic (exact) mass is 479 g/mol. The molecule has 2 aromatic carbocycles. The SMILES string of the molecule is O=C(NCC(=O)N(c1cccc(F)c1)[C@H](C(=O)NC[C@@H]1CCCO1)c1ccccc1)c1ccco1. The number of nitrogens with zero attached hydrogens (tertiary/aromatic N) is 1. The van der Waals surface area contributed by atoms with Crippen LogP contribution in [0.25, 0.3) is 0 Å². The smallest absolute Gasteiger partial charge is 0.287 e. The highest BCUT2D eigenvalue weighted by Crippen LogP contribution is 2.29. The van der Waals surface area contributed by atoms with Crippen LogP contribution in [-0.4, -0.2) is 43.5 Å². The molecule has 2 heterocycles. The lowest BCUT2D eigenvalue weighted by atomic mass is 10.0. The van der Waals surface area contributed by atoms with E-state index in [2.05, 4.69) is 10.6 Å². The van der Waals surface area contributed by atoms with Crippen LogP contribution in [0.3, 0.4) is 0 Å². The molecule has 0 aliphatic carbocycles. The van der Waals surface area contributed by atoms with Crippen LogP contribution in [0.1, 0.15) is 35.0 Å². The standard InChI is InChI=1S/C26H26FN3O5/c27-19-9-4-10-20(15-19)30(23(31)17-29-25(32)22-12-6-14-35-22)24(18-7-2-1-3-8-18)26(33)28-16-21-11-5-13-34-21/h1-4,6-10,12,14-15,21,24H,5,11,13,16-17H2,(H,28,33)(H,29,32)/t21-,24-/m0/s1. The summed E-state index contributed by atoms with van der Waals surface area (Å²) >= 11 is 0. The Balaban J connectivity index is 1.63. The lowest BCUT2D eigenvalue weighted by Gasteiger charge is -2.32. The lowest BCUT2D eigenvalue weighted by Crippen LogP contribution is -2.48. The van der Waals surface area contributed by atoms with Crippen molar-refractivity contribution < 1.29 is 27.9 Å².